The van der Waals surface area contributed by atoms with Gasteiger partial charge in [-0.15, -0.1) is 11.8 Å². The number of rotatable bonds is 7. The summed E-state index contributed by atoms with van der Waals surface area (Å²) in [5.74, 6) is 1.42. The van der Waals surface area contributed by atoms with E-state index >= 15 is 0 Å². The SMILES string of the molecule is C=CC(=O)OCCOc1c2ccccc2cc2ccc(SCC)cc12. The summed E-state index contributed by atoms with van der Waals surface area (Å²) >= 11 is 1.80. The van der Waals surface area contributed by atoms with Crippen molar-refractivity contribution in [1.82, 2.24) is 0 Å². The summed E-state index contributed by atoms with van der Waals surface area (Å²) in [6.07, 6.45) is 1.15. The van der Waals surface area contributed by atoms with Gasteiger partial charge in [-0.1, -0.05) is 43.8 Å². The van der Waals surface area contributed by atoms with Gasteiger partial charge in [-0.3, -0.25) is 0 Å². The van der Waals surface area contributed by atoms with Gasteiger partial charge in [0.1, 0.15) is 19.0 Å². The second-order valence-electron chi connectivity index (χ2n) is 5.46. The van der Waals surface area contributed by atoms with Crippen LogP contribution in [0.4, 0.5) is 0 Å². The second kappa shape index (κ2) is 8.08. The molecule has 0 aliphatic rings. The number of hydrogen-bond acceptors (Lipinski definition) is 4. The van der Waals surface area contributed by atoms with Gasteiger partial charge in [0, 0.05) is 21.7 Å². The first-order valence-corrected chi connectivity index (χ1v) is 9.21. The van der Waals surface area contributed by atoms with E-state index in [1.165, 1.54) is 4.90 Å². The maximum absolute atomic E-state index is 11.2. The molecule has 0 bridgehead atoms. The minimum Gasteiger partial charge on any atom is -0.489 e. The number of fused-ring (bicyclic) bond motifs is 2. The van der Waals surface area contributed by atoms with E-state index in [4.69, 9.17) is 9.47 Å². The van der Waals surface area contributed by atoms with Crippen LogP contribution >= 0.6 is 11.8 Å². The molecule has 128 valence electrons. The smallest absolute Gasteiger partial charge is 0.330 e. The number of benzene rings is 3. The summed E-state index contributed by atoms with van der Waals surface area (Å²) in [7, 11) is 0. The third-order valence-electron chi connectivity index (χ3n) is 3.84. The second-order valence-corrected chi connectivity index (χ2v) is 6.80. The molecule has 0 aliphatic carbocycles. The molecule has 0 aromatic heterocycles. The van der Waals surface area contributed by atoms with Gasteiger partial charge in [0.15, 0.2) is 0 Å². The maximum atomic E-state index is 11.2. The first kappa shape index (κ1) is 17.4. The highest BCUT2D eigenvalue weighted by molar-refractivity contribution is 7.99. The Kier molecular flexibility index (Phi) is 5.61. The first-order chi connectivity index (χ1) is 12.2. The lowest BCUT2D eigenvalue weighted by Gasteiger charge is -2.14. The van der Waals surface area contributed by atoms with Gasteiger partial charge < -0.3 is 9.47 Å². The molecule has 0 radical (unpaired) electrons. The normalized spacial score (nSPS) is 10.8. The van der Waals surface area contributed by atoms with E-state index in [-0.39, 0.29) is 6.61 Å². The minimum absolute atomic E-state index is 0.193. The molecule has 3 aromatic rings. The molecule has 0 N–H and O–H groups in total. The van der Waals surface area contributed by atoms with Crippen molar-refractivity contribution in [2.75, 3.05) is 19.0 Å². The number of esters is 1. The van der Waals surface area contributed by atoms with Gasteiger partial charge in [0.05, 0.1) is 0 Å². The fraction of sp³-hybridized carbons (Fsp3) is 0.190. The molecular weight excluding hydrogens is 332 g/mol. The summed E-state index contributed by atoms with van der Waals surface area (Å²) in [6.45, 7) is 6.02. The van der Waals surface area contributed by atoms with Crippen molar-refractivity contribution in [3.63, 3.8) is 0 Å². The van der Waals surface area contributed by atoms with Crippen LogP contribution in [0.25, 0.3) is 21.5 Å². The van der Waals surface area contributed by atoms with E-state index in [1.54, 1.807) is 11.8 Å². The Hall–Kier alpha value is -2.46. The molecule has 0 spiro atoms. The average molecular weight is 352 g/mol. The molecule has 3 nitrogen and oxygen atoms in total. The van der Waals surface area contributed by atoms with Crippen LogP contribution in [0.5, 0.6) is 5.75 Å². The number of carbonyl (C=O) groups is 1. The van der Waals surface area contributed by atoms with Crippen LogP contribution in [0.15, 0.2) is 66.1 Å². The number of hydrogen-bond donors (Lipinski definition) is 0. The van der Waals surface area contributed by atoms with Crippen LogP contribution in [0.1, 0.15) is 6.92 Å². The average Bonchev–Trinajstić information content (AvgIpc) is 2.64. The lowest BCUT2D eigenvalue weighted by atomic mass is 10.0. The van der Waals surface area contributed by atoms with Gasteiger partial charge in [-0.25, -0.2) is 4.79 Å². The largest absolute Gasteiger partial charge is 0.489 e. The Labute approximate surface area is 151 Å². The van der Waals surface area contributed by atoms with E-state index < -0.39 is 5.97 Å². The topological polar surface area (TPSA) is 35.5 Å². The molecule has 0 atom stereocenters. The Balaban J connectivity index is 1.99. The highest BCUT2D eigenvalue weighted by Crippen LogP contribution is 2.37. The third kappa shape index (κ3) is 3.97. The Morgan fingerprint density at radius 2 is 1.88 bits per heavy atom. The zero-order chi connectivity index (χ0) is 17.6. The van der Waals surface area contributed by atoms with Crippen molar-refractivity contribution in [3.05, 3.63) is 61.2 Å². The van der Waals surface area contributed by atoms with Crippen molar-refractivity contribution < 1.29 is 14.3 Å². The standard InChI is InChI=1S/C21H20O3S/c1-3-20(22)23-11-12-24-21-18-8-6-5-7-15(18)13-16-9-10-17(25-4-2)14-19(16)21/h3,5-10,13-14H,1,4,11-12H2,2H3. The summed E-state index contributed by atoms with van der Waals surface area (Å²) in [5, 5.41) is 4.40. The Bertz CT molecular complexity index is 918. The third-order valence-corrected chi connectivity index (χ3v) is 4.71. The fourth-order valence-corrected chi connectivity index (χ4v) is 3.46. The lowest BCUT2D eigenvalue weighted by Crippen LogP contribution is -2.10. The molecule has 0 saturated heterocycles. The van der Waals surface area contributed by atoms with Crippen molar-refractivity contribution in [3.8, 4) is 5.75 Å². The molecule has 0 heterocycles. The van der Waals surface area contributed by atoms with Gasteiger partial charge in [-0.05, 0) is 34.7 Å². The molecule has 25 heavy (non-hydrogen) atoms. The van der Waals surface area contributed by atoms with Crippen LogP contribution in [0.3, 0.4) is 0 Å². The predicted molar refractivity (Wildman–Crippen MR) is 105 cm³/mol. The monoisotopic (exact) mass is 352 g/mol. The molecule has 0 saturated carbocycles. The van der Waals surface area contributed by atoms with E-state index in [0.717, 1.165) is 39.1 Å². The molecule has 3 aromatic carbocycles. The zero-order valence-corrected chi connectivity index (χ0v) is 15.0. The van der Waals surface area contributed by atoms with Gasteiger partial charge in [0.2, 0.25) is 0 Å². The Morgan fingerprint density at radius 3 is 2.68 bits per heavy atom. The van der Waals surface area contributed by atoms with E-state index in [0.29, 0.717) is 6.61 Å². The minimum atomic E-state index is -0.437. The molecule has 0 amide bonds. The van der Waals surface area contributed by atoms with E-state index in [2.05, 4.69) is 49.9 Å². The molecule has 0 unspecified atom stereocenters. The van der Waals surface area contributed by atoms with E-state index in [1.807, 2.05) is 12.1 Å². The van der Waals surface area contributed by atoms with Crippen molar-refractivity contribution in [2.24, 2.45) is 0 Å². The fourth-order valence-electron chi connectivity index (χ4n) is 2.76. The van der Waals surface area contributed by atoms with Crippen molar-refractivity contribution >= 4 is 39.3 Å². The first-order valence-electron chi connectivity index (χ1n) is 8.23. The highest BCUT2D eigenvalue weighted by Gasteiger charge is 2.10. The van der Waals surface area contributed by atoms with Gasteiger partial charge >= 0.3 is 5.97 Å². The quantitative estimate of drug-likeness (QED) is 0.192. The zero-order valence-electron chi connectivity index (χ0n) is 14.2. The Morgan fingerprint density at radius 1 is 1.08 bits per heavy atom. The van der Waals surface area contributed by atoms with Crippen molar-refractivity contribution in [1.29, 1.82) is 0 Å². The summed E-state index contributed by atoms with van der Waals surface area (Å²) in [6, 6.07) is 16.8. The molecule has 0 aliphatic heterocycles. The summed E-state index contributed by atoms with van der Waals surface area (Å²) < 4.78 is 11.1. The van der Waals surface area contributed by atoms with Gasteiger partial charge in [0.25, 0.3) is 0 Å². The number of carbonyl (C=O) groups excluding carboxylic acids is 1. The summed E-state index contributed by atoms with van der Waals surface area (Å²) in [4.78, 5) is 12.4. The highest BCUT2D eigenvalue weighted by atomic mass is 32.2. The molecule has 0 fully saturated rings. The number of ether oxygens (including phenoxy) is 2. The van der Waals surface area contributed by atoms with Crippen LogP contribution in [-0.2, 0) is 9.53 Å². The van der Waals surface area contributed by atoms with Crippen molar-refractivity contribution in [2.45, 2.75) is 11.8 Å². The summed E-state index contributed by atoms with van der Waals surface area (Å²) in [5.41, 5.74) is 0. The van der Waals surface area contributed by atoms with E-state index in [9.17, 15) is 4.79 Å². The van der Waals surface area contributed by atoms with Crippen LogP contribution in [0.2, 0.25) is 0 Å². The lowest BCUT2D eigenvalue weighted by molar-refractivity contribution is -0.138. The molecule has 3 rings (SSSR count). The maximum Gasteiger partial charge on any atom is 0.330 e. The predicted octanol–water partition coefficient (Wildman–Crippen LogP) is 5.21. The molecular formula is C21H20O3S. The van der Waals surface area contributed by atoms with Crippen LogP contribution < -0.4 is 4.74 Å². The van der Waals surface area contributed by atoms with Gasteiger partial charge in [-0.2, -0.15) is 0 Å². The number of thioether (sulfide) groups is 1. The van der Waals surface area contributed by atoms with Crippen LogP contribution in [-0.4, -0.2) is 24.9 Å². The van der Waals surface area contributed by atoms with Crippen LogP contribution in [0, 0.1) is 0 Å². The molecule has 4 heteroatoms.